The molecule has 0 bridgehead atoms. The highest BCUT2D eigenvalue weighted by atomic mass is 16.5. The zero-order valence-corrected chi connectivity index (χ0v) is 18.1. The Labute approximate surface area is 173 Å². The van der Waals surface area contributed by atoms with E-state index in [4.69, 9.17) is 28.4 Å². The molecule has 0 aliphatic heterocycles. The minimum atomic E-state index is 0.616. The highest BCUT2D eigenvalue weighted by molar-refractivity contribution is 5.53. The van der Waals surface area contributed by atoms with Crippen LogP contribution >= 0.6 is 0 Å². The molecule has 0 atom stereocenters. The molecule has 0 aliphatic carbocycles. The summed E-state index contributed by atoms with van der Waals surface area (Å²) in [5.74, 6) is 3.48. The molecule has 29 heavy (non-hydrogen) atoms. The van der Waals surface area contributed by atoms with Gasteiger partial charge in [-0.25, -0.2) is 0 Å². The number of hydrogen-bond donors (Lipinski definition) is 0. The van der Waals surface area contributed by atoms with Crippen LogP contribution in [-0.4, -0.2) is 48.8 Å². The van der Waals surface area contributed by atoms with E-state index in [-0.39, 0.29) is 0 Å². The number of hydrogen-bond acceptors (Lipinski definition) is 6. The SMILES string of the molecule is COc1ccc(CCCOCCCc2cc(OC)c(OC)c(OC)c2)cc1OC. The molecule has 2 aromatic carbocycles. The second-order valence-electron chi connectivity index (χ2n) is 6.54. The minimum Gasteiger partial charge on any atom is -0.493 e. The molecule has 0 N–H and O–H groups in total. The molecule has 0 unspecified atom stereocenters. The highest BCUT2D eigenvalue weighted by Gasteiger charge is 2.13. The van der Waals surface area contributed by atoms with Gasteiger partial charge >= 0.3 is 0 Å². The summed E-state index contributed by atoms with van der Waals surface area (Å²) < 4.78 is 32.6. The zero-order chi connectivity index (χ0) is 21.1. The van der Waals surface area contributed by atoms with Crippen LogP contribution in [0.3, 0.4) is 0 Å². The molecule has 6 nitrogen and oxygen atoms in total. The van der Waals surface area contributed by atoms with E-state index in [0.717, 1.165) is 49.4 Å². The Morgan fingerprint density at radius 3 is 1.59 bits per heavy atom. The van der Waals surface area contributed by atoms with Gasteiger partial charge in [-0.1, -0.05) is 6.07 Å². The van der Waals surface area contributed by atoms with Crippen molar-refractivity contribution in [2.75, 3.05) is 48.8 Å². The Balaban J connectivity index is 1.72. The lowest BCUT2D eigenvalue weighted by Crippen LogP contribution is -2.02. The lowest BCUT2D eigenvalue weighted by Gasteiger charge is -2.14. The van der Waals surface area contributed by atoms with Crippen molar-refractivity contribution >= 4 is 0 Å². The predicted octanol–water partition coefficient (Wildman–Crippen LogP) is 4.31. The van der Waals surface area contributed by atoms with Crippen molar-refractivity contribution in [1.82, 2.24) is 0 Å². The average Bonchev–Trinajstić information content (AvgIpc) is 2.77. The van der Waals surface area contributed by atoms with E-state index in [9.17, 15) is 0 Å². The molecule has 0 amide bonds. The smallest absolute Gasteiger partial charge is 0.203 e. The van der Waals surface area contributed by atoms with Crippen LogP contribution in [0.15, 0.2) is 30.3 Å². The summed E-state index contributed by atoms with van der Waals surface area (Å²) in [7, 11) is 8.16. The van der Waals surface area contributed by atoms with Crippen molar-refractivity contribution < 1.29 is 28.4 Å². The van der Waals surface area contributed by atoms with E-state index < -0.39 is 0 Å². The van der Waals surface area contributed by atoms with E-state index in [1.165, 1.54) is 5.56 Å². The van der Waals surface area contributed by atoms with E-state index in [1.807, 2.05) is 24.3 Å². The van der Waals surface area contributed by atoms with Crippen LogP contribution in [0.5, 0.6) is 28.7 Å². The standard InChI is InChI=1S/C23H32O6/c1-24-19-11-10-17(14-20(19)25-2)8-6-12-29-13-7-9-18-15-21(26-3)23(28-5)22(16-18)27-4/h10-11,14-16H,6-9,12-13H2,1-5H3. The summed E-state index contributed by atoms with van der Waals surface area (Å²) in [5, 5.41) is 0. The first-order valence-corrected chi connectivity index (χ1v) is 9.74. The Morgan fingerprint density at radius 2 is 1.07 bits per heavy atom. The number of ether oxygens (including phenoxy) is 6. The molecule has 0 saturated heterocycles. The second-order valence-corrected chi connectivity index (χ2v) is 6.54. The van der Waals surface area contributed by atoms with Gasteiger partial charge in [0, 0.05) is 13.2 Å². The monoisotopic (exact) mass is 404 g/mol. The zero-order valence-electron chi connectivity index (χ0n) is 18.1. The van der Waals surface area contributed by atoms with Crippen LogP contribution in [0.25, 0.3) is 0 Å². The topological polar surface area (TPSA) is 55.4 Å². The fraction of sp³-hybridized carbons (Fsp3) is 0.478. The third-order valence-electron chi connectivity index (χ3n) is 4.68. The van der Waals surface area contributed by atoms with Crippen molar-refractivity contribution in [3.63, 3.8) is 0 Å². The fourth-order valence-corrected chi connectivity index (χ4v) is 3.17. The van der Waals surface area contributed by atoms with E-state index >= 15 is 0 Å². The van der Waals surface area contributed by atoms with Gasteiger partial charge in [-0.05, 0) is 61.1 Å². The fourth-order valence-electron chi connectivity index (χ4n) is 3.17. The summed E-state index contributed by atoms with van der Waals surface area (Å²) >= 11 is 0. The molecule has 0 aliphatic rings. The van der Waals surface area contributed by atoms with Crippen molar-refractivity contribution in [2.24, 2.45) is 0 Å². The predicted molar refractivity (Wildman–Crippen MR) is 113 cm³/mol. The quantitative estimate of drug-likeness (QED) is 0.464. The molecule has 160 valence electrons. The van der Waals surface area contributed by atoms with E-state index in [0.29, 0.717) is 23.9 Å². The maximum Gasteiger partial charge on any atom is 0.203 e. The Hall–Kier alpha value is -2.60. The second kappa shape index (κ2) is 12.1. The molecule has 0 heterocycles. The summed E-state index contributed by atoms with van der Waals surface area (Å²) in [6, 6.07) is 9.98. The van der Waals surface area contributed by atoms with E-state index in [1.54, 1.807) is 35.5 Å². The Kier molecular flexibility index (Phi) is 9.44. The first kappa shape index (κ1) is 22.7. The number of aryl methyl sites for hydroxylation is 2. The maximum atomic E-state index is 5.79. The van der Waals surface area contributed by atoms with Crippen LogP contribution in [0.4, 0.5) is 0 Å². The molecule has 0 saturated carbocycles. The van der Waals surface area contributed by atoms with Crippen LogP contribution in [0.1, 0.15) is 24.0 Å². The molecule has 2 aromatic rings. The van der Waals surface area contributed by atoms with Gasteiger partial charge in [0.2, 0.25) is 5.75 Å². The molecule has 0 radical (unpaired) electrons. The van der Waals surface area contributed by atoms with Gasteiger partial charge in [-0.3, -0.25) is 0 Å². The summed E-state index contributed by atoms with van der Waals surface area (Å²) in [6.07, 6.45) is 3.70. The maximum absolute atomic E-state index is 5.79. The van der Waals surface area contributed by atoms with Gasteiger partial charge in [0.15, 0.2) is 23.0 Å². The number of benzene rings is 2. The highest BCUT2D eigenvalue weighted by Crippen LogP contribution is 2.38. The molecule has 0 aromatic heterocycles. The summed E-state index contributed by atoms with van der Waals surface area (Å²) in [6.45, 7) is 1.44. The van der Waals surface area contributed by atoms with Gasteiger partial charge in [0.25, 0.3) is 0 Å². The molecule has 2 rings (SSSR count). The molecular formula is C23H32O6. The van der Waals surface area contributed by atoms with Gasteiger partial charge in [-0.2, -0.15) is 0 Å². The first-order valence-electron chi connectivity index (χ1n) is 9.74. The van der Waals surface area contributed by atoms with Crippen molar-refractivity contribution in [3.8, 4) is 28.7 Å². The van der Waals surface area contributed by atoms with Crippen molar-refractivity contribution in [3.05, 3.63) is 41.5 Å². The first-order chi connectivity index (χ1) is 14.2. The Morgan fingerprint density at radius 1 is 0.552 bits per heavy atom. The van der Waals surface area contributed by atoms with E-state index in [2.05, 4.69) is 6.07 Å². The van der Waals surface area contributed by atoms with Crippen LogP contribution in [0.2, 0.25) is 0 Å². The molecule has 0 spiro atoms. The van der Waals surface area contributed by atoms with Crippen molar-refractivity contribution in [1.29, 1.82) is 0 Å². The average molecular weight is 405 g/mol. The number of rotatable bonds is 13. The molecule has 6 heteroatoms. The van der Waals surface area contributed by atoms with Gasteiger partial charge in [0.05, 0.1) is 35.5 Å². The summed E-state index contributed by atoms with van der Waals surface area (Å²) in [4.78, 5) is 0. The normalized spacial score (nSPS) is 10.5. The largest absolute Gasteiger partial charge is 0.493 e. The molecular weight excluding hydrogens is 372 g/mol. The molecule has 0 fully saturated rings. The number of methoxy groups -OCH3 is 5. The van der Waals surface area contributed by atoms with Crippen LogP contribution in [0, 0.1) is 0 Å². The third-order valence-corrected chi connectivity index (χ3v) is 4.68. The minimum absolute atomic E-state index is 0.616. The van der Waals surface area contributed by atoms with Crippen LogP contribution in [-0.2, 0) is 17.6 Å². The van der Waals surface area contributed by atoms with Gasteiger partial charge in [-0.15, -0.1) is 0 Å². The van der Waals surface area contributed by atoms with Crippen LogP contribution < -0.4 is 23.7 Å². The summed E-state index contributed by atoms with van der Waals surface area (Å²) in [5.41, 5.74) is 2.34. The third kappa shape index (κ3) is 6.46. The lowest BCUT2D eigenvalue weighted by atomic mass is 10.1. The van der Waals surface area contributed by atoms with Crippen molar-refractivity contribution in [2.45, 2.75) is 25.7 Å². The lowest BCUT2D eigenvalue weighted by molar-refractivity contribution is 0.129. The Bertz CT molecular complexity index is 734. The van der Waals surface area contributed by atoms with Gasteiger partial charge in [0.1, 0.15) is 0 Å². The van der Waals surface area contributed by atoms with Gasteiger partial charge < -0.3 is 28.4 Å².